The average molecular weight is 96.1 g/mol. The van der Waals surface area contributed by atoms with Gasteiger partial charge in [-0.3, -0.25) is 5.41 Å². The van der Waals surface area contributed by atoms with Crippen molar-refractivity contribution in [1.82, 2.24) is 0 Å². The first kappa shape index (κ1) is 4.37. The van der Waals surface area contributed by atoms with E-state index in [1.807, 2.05) is 6.92 Å². The minimum Gasteiger partial charge on any atom is -0.397 e. The lowest BCUT2D eigenvalue weighted by molar-refractivity contribution is 1.16. The Morgan fingerprint density at radius 2 is 2.14 bits per heavy atom. The van der Waals surface area contributed by atoms with E-state index in [4.69, 9.17) is 11.1 Å². The Morgan fingerprint density at radius 1 is 1.71 bits per heavy atom. The molecule has 2 heteroatoms. The molecule has 0 heterocycles. The van der Waals surface area contributed by atoms with Crippen LogP contribution < -0.4 is 11.1 Å². The van der Waals surface area contributed by atoms with Crippen LogP contribution in [0.3, 0.4) is 0 Å². The molecule has 1 aromatic rings. The second kappa shape index (κ2) is 1.09. The van der Waals surface area contributed by atoms with Crippen molar-refractivity contribution in [2.75, 3.05) is 5.73 Å². The summed E-state index contributed by atoms with van der Waals surface area (Å²) in [7, 11) is 0. The monoisotopic (exact) mass is 96.1 g/mol. The molecule has 0 spiro atoms. The molecule has 1 rings (SSSR count). The number of hydrogen-bond donors (Lipinski definition) is 2. The Balaban J connectivity index is 2.81. The Bertz CT molecular complexity index is 181. The van der Waals surface area contributed by atoms with Gasteiger partial charge in [-0.1, -0.05) is 6.92 Å². The van der Waals surface area contributed by atoms with Gasteiger partial charge in [-0.05, 0) is 6.42 Å². The van der Waals surface area contributed by atoms with Crippen molar-refractivity contribution in [3.05, 3.63) is 10.9 Å². The summed E-state index contributed by atoms with van der Waals surface area (Å²) in [6, 6.07) is 0. The molecule has 2 nitrogen and oxygen atoms in total. The molecular formula is C5H8N2. The summed E-state index contributed by atoms with van der Waals surface area (Å²) in [6.07, 6.45) is 0.921. The number of nitrogens with one attached hydrogen (secondary N) is 1. The van der Waals surface area contributed by atoms with Gasteiger partial charge in [0.15, 0.2) is 0 Å². The summed E-state index contributed by atoms with van der Waals surface area (Å²) in [5, 5.41) is 7.55. The number of anilines is 1. The summed E-state index contributed by atoms with van der Waals surface area (Å²) in [6.45, 7) is 2.00. The van der Waals surface area contributed by atoms with Crippen LogP contribution in [0.4, 0.5) is 5.69 Å². The van der Waals surface area contributed by atoms with E-state index in [0.29, 0.717) is 11.0 Å². The molecular weight excluding hydrogens is 88.1 g/mol. The molecule has 3 N–H and O–H groups in total. The van der Waals surface area contributed by atoms with Gasteiger partial charge in [0.2, 0.25) is 0 Å². The van der Waals surface area contributed by atoms with Crippen molar-refractivity contribution in [3.63, 3.8) is 0 Å². The van der Waals surface area contributed by atoms with Gasteiger partial charge < -0.3 is 5.73 Å². The molecule has 0 aromatic heterocycles. The zero-order chi connectivity index (χ0) is 5.44. The highest BCUT2D eigenvalue weighted by Gasteiger charge is 2.10. The quantitative estimate of drug-likeness (QED) is 0.515. The topological polar surface area (TPSA) is 49.9 Å². The van der Waals surface area contributed by atoms with Crippen LogP contribution in [-0.2, 0) is 6.42 Å². The van der Waals surface area contributed by atoms with Gasteiger partial charge in [0.1, 0.15) is 0 Å². The molecule has 0 bridgehead atoms. The lowest BCUT2D eigenvalue weighted by atomic mass is 10.4. The molecule has 38 valence electrons. The van der Waals surface area contributed by atoms with Gasteiger partial charge in [-0.25, -0.2) is 0 Å². The minimum atomic E-state index is 0.572. The molecule has 0 aliphatic rings. The summed E-state index contributed by atoms with van der Waals surface area (Å²) >= 11 is 0. The maximum absolute atomic E-state index is 6.98. The van der Waals surface area contributed by atoms with Gasteiger partial charge >= 0.3 is 0 Å². The van der Waals surface area contributed by atoms with Gasteiger partial charge in [0, 0.05) is 5.56 Å². The largest absolute Gasteiger partial charge is 0.397 e. The van der Waals surface area contributed by atoms with E-state index in [0.717, 1.165) is 12.0 Å². The van der Waals surface area contributed by atoms with E-state index >= 15 is 0 Å². The number of rotatable bonds is 1. The van der Waals surface area contributed by atoms with E-state index in [9.17, 15) is 0 Å². The molecule has 0 saturated carbocycles. The van der Waals surface area contributed by atoms with Crippen LogP contribution in [0.25, 0.3) is 0 Å². The van der Waals surface area contributed by atoms with E-state index in [-0.39, 0.29) is 0 Å². The molecule has 0 atom stereocenters. The number of nitrogens with two attached hydrogens (primary N) is 1. The predicted octanol–water partition coefficient (Wildman–Crippen LogP) is 0.186. The third-order valence-corrected chi connectivity index (χ3v) is 1.19. The predicted molar refractivity (Wildman–Crippen MR) is 28.5 cm³/mol. The Kier molecular flexibility index (Phi) is 0.680. The lowest BCUT2D eigenvalue weighted by Crippen LogP contribution is -1.80. The maximum Gasteiger partial charge on any atom is 0.0826 e. The fraction of sp³-hybridized carbons (Fsp3) is 0.400. The van der Waals surface area contributed by atoms with Crippen LogP contribution in [0, 0.1) is 5.41 Å². The zero-order valence-electron chi connectivity index (χ0n) is 4.28. The highest BCUT2D eigenvalue weighted by atomic mass is 14.7. The normalized spacial score (nSPS) is 10.4. The van der Waals surface area contributed by atoms with Crippen molar-refractivity contribution < 1.29 is 0 Å². The molecule has 1 aromatic carbocycles. The van der Waals surface area contributed by atoms with Crippen molar-refractivity contribution in [1.29, 1.82) is 5.41 Å². The van der Waals surface area contributed by atoms with E-state index in [1.165, 1.54) is 0 Å². The Labute approximate surface area is 42.2 Å². The van der Waals surface area contributed by atoms with E-state index in [2.05, 4.69) is 0 Å². The molecule has 0 saturated heterocycles. The highest BCUT2D eigenvalue weighted by Crippen LogP contribution is 2.09. The molecule has 0 amide bonds. The van der Waals surface area contributed by atoms with Crippen molar-refractivity contribution >= 4 is 5.69 Å². The Hall–Kier alpha value is -0.790. The van der Waals surface area contributed by atoms with Crippen molar-refractivity contribution in [2.45, 2.75) is 13.3 Å². The molecule has 0 aliphatic heterocycles. The van der Waals surface area contributed by atoms with Gasteiger partial charge in [-0.2, -0.15) is 0 Å². The van der Waals surface area contributed by atoms with Gasteiger partial charge in [0.05, 0.1) is 11.0 Å². The SMILES string of the molecule is CCc1c(N)c1=N. The van der Waals surface area contributed by atoms with Gasteiger partial charge in [0.25, 0.3) is 0 Å². The fourth-order valence-electron chi connectivity index (χ4n) is 0.610. The Morgan fingerprint density at radius 3 is 2.14 bits per heavy atom. The van der Waals surface area contributed by atoms with E-state index in [1.54, 1.807) is 0 Å². The fourth-order valence-corrected chi connectivity index (χ4v) is 0.610. The standard InChI is InChI=1S/C5H8N2/c1-2-3-4(6)5(3)7/h6H,2,7H2,1H3. The smallest absolute Gasteiger partial charge is 0.0826 e. The van der Waals surface area contributed by atoms with Crippen LogP contribution in [0.15, 0.2) is 0 Å². The van der Waals surface area contributed by atoms with Crippen LogP contribution in [0.5, 0.6) is 0 Å². The van der Waals surface area contributed by atoms with Crippen LogP contribution in [0.1, 0.15) is 12.5 Å². The third-order valence-electron chi connectivity index (χ3n) is 1.19. The first-order chi connectivity index (χ1) is 3.27. The minimum absolute atomic E-state index is 0.572. The number of hydrogen-bond acceptors (Lipinski definition) is 2. The third kappa shape index (κ3) is 0.427. The average Bonchev–Trinajstić information content (AvgIpc) is 2.17. The molecule has 7 heavy (non-hydrogen) atoms. The molecule has 0 fully saturated rings. The summed E-state index contributed by atoms with van der Waals surface area (Å²) < 4.78 is 0. The first-order valence-electron chi connectivity index (χ1n) is 2.35. The maximum atomic E-state index is 6.98. The van der Waals surface area contributed by atoms with Gasteiger partial charge in [-0.15, -0.1) is 0 Å². The summed E-state index contributed by atoms with van der Waals surface area (Å²) in [5.74, 6) is 0. The second-order valence-electron chi connectivity index (χ2n) is 1.62. The molecule has 0 radical (unpaired) electrons. The zero-order valence-corrected chi connectivity index (χ0v) is 4.28. The number of nitrogen functional groups attached to an aromatic ring is 1. The summed E-state index contributed by atoms with van der Waals surface area (Å²) in [5.41, 5.74) is 7.03. The van der Waals surface area contributed by atoms with E-state index < -0.39 is 0 Å². The van der Waals surface area contributed by atoms with Crippen LogP contribution in [-0.4, -0.2) is 0 Å². The van der Waals surface area contributed by atoms with Crippen molar-refractivity contribution in [3.8, 4) is 0 Å². The van der Waals surface area contributed by atoms with Crippen LogP contribution >= 0.6 is 0 Å². The molecule has 0 aliphatic carbocycles. The van der Waals surface area contributed by atoms with Crippen molar-refractivity contribution in [2.24, 2.45) is 0 Å². The van der Waals surface area contributed by atoms with Crippen LogP contribution in [0.2, 0.25) is 0 Å². The lowest BCUT2D eigenvalue weighted by Gasteiger charge is -1.68. The summed E-state index contributed by atoms with van der Waals surface area (Å²) in [4.78, 5) is 0. The molecule has 0 unspecified atom stereocenters. The first-order valence-corrected chi connectivity index (χ1v) is 2.35. The highest BCUT2D eigenvalue weighted by molar-refractivity contribution is 5.58. The second-order valence-corrected chi connectivity index (χ2v) is 1.62.